The average molecular weight is 487 g/mol. The molecule has 1 heterocycles. The van der Waals surface area contributed by atoms with Gasteiger partial charge in [-0.2, -0.15) is 0 Å². The number of hydrogen-bond acceptors (Lipinski definition) is 4. The average Bonchev–Trinajstić information content (AvgIpc) is 2.87. The van der Waals surface area contributed by atoms with Crippen LogP contribution in [-0.4, -0.2) is 60.3 Å². The normalized spacial score (nSPS) is 22.2. The zero-order valence-electron chi connectivity index (χ0n) is 20.3. The number of alkyl halides is 2. The van der Waals surface area contributed by atoms with Crippen molar-refractivity contribution < 1.29 is 23.0 Å². The minimum absolute atomic E-state index is 0.0922. The van der Waals surface area contributed by atoms with E-state index in [2.05, 4.69) is 53.4 Å². The fraction of sp³-hybridized carbons (Fsp3) is 0.536. The molecule has 2 aliphatic rings. The highest BCUT2D eigenvalue weighted by molar-refractivity contribution is 5.67. The van der Waals surface area contributed by atoms with E-state index in [1.807, 2.05) is 12.1 Å². The van der Waals surface area contributed by atoms with Crippen molar-refractivity contribution in [3.63, 3.8) is 0 Å². The molecule has 2 aromatic carbocycles. The Morgan fingerprint density at radius 1 is 0.914 bits per heavy atom. The number of rotatable bonds is 9. The molecule has 7 heteroatoms. The molecular weight excluding hydrogens is 450 g/mol. The minimum atomic E-state index is -2.82. The van der Waals surface area contributed by atoms with Gasteiger partial charge in [0.05, 0.1) is 19.3 Å². The summed E-state index contributed by atoms with van der Waals surface area (Å²) in [6.07, 6.45) is 3.60. The third kappa shape index (κ3) is 8.00. The molecule has 0 aromatic heterocycles. The molecule has 1 aliphatic heterocycles. The summed E-state index contributed by atoms with van der Waals surface area (Å²) in [6.45, 7) is 1.98. The van der Waals surface area contributed by atoms with E-state index in [-0.39, 0.29) is 19.1 Å². The topological polar surface area (TPSA) is 42.0 Å². The van der Waals surface area contributed by atoms with Crippen LogP contribution in [0.4, 0.5) is 13.6 Å². The van der Waals surface area contributed by atoms with Crippen molar-refractivity contribution in [3.05, 3.63) is 71.8 Å². The number of amides is 1. The van der Waals surface area contributed by atoms with Gasteiger partial charge in [0.2, 0.25) is 0 Å². The van der Waals surface area contributed by atoms with E-state index in [4.69, 9.17) is 9.47 Å². The van der Waals surface area contributed by atoms with Crippen molar-refractivity contribution in [2.24, 2.45) is 0 Å². The van der Waals surface area contributed by atoms with Crippen molar-refractivity contribution in [3.8, 4) is 0 Å². The number of piperidine rings is 1. The summed E-state index contributed by atoms with van der Waals surface area (Å²) in [7, 11) is 0. The first-order valence-corrected chi connectivity index (χ1v) is 12.7. The highest BCUT2D eigenvalue weighted by atomic mass is 19.3. The first kappa shape index (κ1) is 25.6. The number of likely N-dealkylation sites (tertiary alicyclic amines) is 1. The lowest BCUT2D eigenvalue weighted by molar-refractivity contribution is -0.0640. The SMILES string of the molecule is O=C(OCCO[C@H]1CC[C@H](N(Cc2ccccc2)Cc2ccccc2)CC1)N1CCCC(F)(F)C1. The number of halogens is 2. The smallest absolute Gasteiger partial charge is 0.410 e. The lowest BCUT2D eigenvalue weighted by atomic mass is 9.91. The lowest BCUT2D eigenvalue weighted by Crippen LogP contribution is -2.46. The predicted octanol–water partition coefficient (Wildman–Crippen LogP) is 5.88. The summed E-state index contributed by atoms with van der Waals surface area (Å²) in [4.78, 5) is 15.7. The second kappa shape index (κ2) is 12.5. The number of hydrogen-bond donors (Lipinski definition) is 0. The third-order valence-electron chi connectivity index (χ3n) is 6.93. The number of benzene rings is 2. The molecule has 0 unspecified atom stereocenters. The fourth-order valence-corrected chi connectivity index (χ4v) is 5.08. The highest BCUT2D eigenvalue weighted by Crippen LogP contribution is 2.28. The van der Waals surface area contributed by atoms with Gasteiger partial charge in [-0.05, 0) is 43.2 Å². The van der Waals surface area contributed by atoms with E-state index >= 15 is 0 Å². The predicted molar refractivity (Wildman–Crippen MR) is 131 cm³/mol. The molecule has 190 valence electrons. The van der Waals surface area contributed by atoms with E-state index in [0.717, 1.165) is 43.7 Å². The van der Waals surface area contributed by atoms with Gasteiger partial charge in [0.15, 0.2) is 0 Å². The molecule has 0 bridgehead atoms. The van der Waals surface area contributed by atoms with Crippen molar-refractivity contribution in [2.45, 2.75) is 69.7 Å². The Hall–Kier alpha value is -2.51. The van der Waals surface area contributed by atoms with Crippen LogP contribution < -0.4 is 0 Å². The van der Waals surface area contributed by atoms with Crippen LogP contribution >= 0.6 is 0 Å². The summed E-state index contributed by atoms with van der Waals surface area (Å²) in [5.41, 5.74) is 2.63. The summed E-state index contributed by atoms with van der Waals surface area (Å²) in [6, 6.07) is 21.6. The Bertz CT molecular complexity index is 863. The largest absolute Gasteiger partial charge is 0.447 e. The van der Waals surface area contributed by atoms with Gasteiger partial charge in [-0.3, -0.25) is 4.90 Å². The minimum Gasteiger partial charge on any atom is -0.447 e. The van der Waals surface area contributed by atoms with Crippen LogP contribution in [0.15, 0.2) is 60.7 Å². The van der Waals surface area contributed by atoms with Crippen molar-refractivity contribution >= 4 is 6.09 Å². The van der Waals surface area contributed by atoms with Gasteiger partial charge in [-0.1, -0.05) is 60.7 Å². The molecule has 1 saturated carbocycles. The monoisotopic (exact) mass is 486 g/mol. The van der Waals surface area contributed by atoms with Gasteiger partial charge in [-0.15, -0.1) is 0 Å². The molecule has 1 aliphatic carbocycles. The Balaban J connectivity index is 1.20. The standard InChI is InChI=1S/C28H36F2N2O3/c29-28(30)16-7-17-31(22-28)27(33)35-19-18-34-26-14-12-25(13-15-26)32(20-23-8-3-1-4-9-23)21-24-10-5-2-6-11-24/h1-6,8-11,25-26H,7,12-22H2/t25-,26-. The van der Waals surface area contributed by atoms with Gasteiger partial charge in [0, 0.05) is 32.1 Å². The van der Waals surface area contributed by atoms with Crippen LogP contribution in [0.1, 0.15) is 49.7 Å². The first-order valence-electron chi connectivity index (χ1n) is 12.7. The maximum Gasteiger partial charge on any atom is 0.410 e. The fourth-order valence-electron chi connectivity index (χ4n) is 5.08. The van der Waals surface area contributed by atoms with E-state index in [1.54, 1.807) is 0 Å². The molecule has 35 heavy (non-hydrogen) atoms. The summed E-state index contributed by atoms with van der Waals surface area (Å²) >= 11 is 0. The molecule has 4 rings (SSSR count). The van der Waals surface area contributed by atoms with E-state index in [9.17, 15) is 13.6 Å². The second-order valence-electron chi connectivity index (χ2n) is 9.67. The zero-order valence-corrected chi connectivity index (χ0v) is 20.3. The first-order chi connectivity index (χ1) is 17.0. The molecule has 0 atom stereocenters. The summed E-state index contributed by atoms with van der Waals surface area (Å²) in [5.74, 6) is -2.82. The Kier molecular flexibility index (Phi) is 9.10. The highest BCUT2D eigenvalue weighted by Gasteiger charge is 2.37. The van der Waals surface area contributed by atoms with Gasteiger partial charge in [0.1, 0.15) is 6.61 Å². The van der Waals surface area contributed by atoms with E-state index in [1.165, 1.54) is 11.1 Å². The quantitative estimate of drug-likeness (QED) is 0.415. The molecule has 0 spiro atoms. The van der Waals surface area contributed by atoms with Crippen LogP contribution in [0, 0.1) is 0 Å². The number of nitrogens with zero attached hydrogens (tertiary/aromatic N) is 2. The Morgan fingerprint density at radius 2 is 1.51 bits per heavy atom. The molecule has 2 aromatic rings. The lowest BCUT2D eigenvalue weighted by Gasteiger charge is -2.37. The van der Waals surface area contributed by atoms with Crippen LogP contribution in [0.2, 0.25) is 0 Å². The molecule has 1 amide bonds. The number of carbonyl (C=O) groups is 1. The molecule has 2 fully saturated rings. The maximum atomic E-state index is 13.5. The van der Waals surface area contributed by atoms with Gasteiger partial charge >= 0.3 is 6.09 Å². The second-order valence-corrected chi connectivity index (χ2v) is 9.67. The summed E-state index contributed by atoms with van der Waals surface area (Å²) in [5, 5.41) is 0. The molecule has 0 N–H and O–H groups in total. The van der Waals surface area contributed by atoms with Crippen LogP contribution in [0.25, 0.3) is 0 Å². The van der Waals surface area contributed by atoms with Crippen molar-refractivity contribution in [2.75, 3.05) is 26.3 Å². The van der Waals surface area contributed by atoms with Crippen molar-refractivity contribution in [1.29, 1.82) is 0 Å². The summed E-state index contributed by atoms with van der Waals surface area (Å²) < 4.78 is 38.1. The van der Waals surface area contributed by atoms with Gasteiger partial charge < -0.3 is 14.4 Å². The van der Waals surface area contributed by atoms with E-state index < -0.39 is 18.6 Å². The maximum absolute atomic E-state index is 13.5. The molecule has 1 saturated heterocycles. The van der Waals surface area contributed by atoms with Crippen molar-refractivity contribution in [1.82, 2.24) is 9.80 Å². The molecule has 5 nitrogen and oxygen atoms in total. The van der Waals surface area contributed by atoms with E-state index in [0.29, 0.717) is 25.6 Å². The number of carbonyl (C=O) groups excluding carboxylic acids is 1. The van der Waals surface area contributed by atoms with Crippen LogP contribution in [-0.2, 0) is 22.6 Å². The van der Waals surface area contributed by atoms with Crippen LogP contribution in [0.3, 0.4) is 0 Å². The Morgan fingerprint density at radius 3 is 2.09 bits per heavy atom. The third-order valence-corrected chi connectivity index (χ3v) is 6.93. The molecular formula is C28H36F2N2O3. The zero-order chi connectivity index (χ0) is 24.5. The number of ether oxygens (including phenoxy) is 2. The molecule has 0 radical (unpaired) electrons. The van der Waals surface area contributed by atoms with Gasteiger partial charge in [0.25, 0.3) is 5.92 Å². The van der Waals surface area contributed by atoms with Gasteiger partial charge in [-0.25, -0.2) is 13.6 Å². The Labute approximate surface area is 207 Å². The van der Waals surface area contributed by atoms with Crippen LogP contribution in [0.5, 0.6) is 0 Å².